The summed E-state index contributed by atoms with van der Waals surface area (Å²) in [6.07, 6.45) is 0. The van der Waals surface area contributed by atoms with Gasteiger partial charge in [0.2, 0.25) is 0 Å². The Balaban J connectivity index is 2.95. The maximum atomic E-state index is 5.63. The molecule has 0 atom stereocenters. The van der Waals surface area contributed by atoms with Crippen LogP contribution in [0, 0.1) is 6.92 Å². The summed E-state index contributed by atoms with van der Waals surface area (Å²) in [5.41, 5.74) is 7.14. The second-order valence-corrected chi connectivity index (χ2v) is 5.13. The molecule has 1 aromatic rings. The molecule has 0 aliphatic carbocycles. The van der Waals surface area contributed by atoms with E-state index in [2.05, 4.69) is 10.3 Å². The summed E-state index contributed by atoms with van der Waals surface area (Å²) in [4.78, 5) is 4.78. The highest BCUT2D eigenvalue weighted by molar-refractivity contribution is 7.80. The molecule has 1 rings (SSSR count). The molecule has 0 aromatic carbocycles. The van der Waals surface area contributed by atoms with Gasteiger partial charge in [0.25, 0.3) is 0 Å². The molecule has 4 nitrogen and oxygen atoms in total. The van der Waals surface area contributed by atoms with Gasteiger partial charge in [0.1, 0.15) is 10.8 Å². The van der Waals surface area contributed by atoms with Gasteiger partial charge in [-0.3, -0.25) is 0 Å². The quantitative estimate of drug-likeness (QED) is 0.784. The van der Waals surface area contributed by atoms with E-state index < -0.39 is 0 Å². The average molecular weight is 253 g/mol. The van der Waals surface area contributed by atoms with Crippen molar-refractivity contribution in [2.24, 2.45) is 5.73 Å². The van der Waals surface area contributed by atoms with E-state index in [1.54, 1.807) is 7.11 Å². The minimum absolute atomic E-state index is 0.191. The fourth-order valence-electron chi connectivity index (χ4n) is 1.62. The summed E-state index contributed by atoms with van der Waals surface area (Å²) >= 11 is 4.97. The van der Waals surface area contributed by atoms with Crippen LogP contribution < -0.4 is 11.1 Å². The van der Waals surface area contributed by atoms with Crippen LogP contribution >= 0.6 is 12.2 Å². The molecule has 0 amide bonds. The van der Waals surface area contributed by atoms with Crippen LogP contribution in [-0.2, 0) is 4.74 Å². The lowest BCUT2D eigenvalue weighted by atomic mass is 10.1. The number of anilines is 1. The van der Waals surface area contributed by atoms with E-state index in [0.717, 1.165) is 17.1 Å². The van der Waals surface area contributed by atoms with Crippen LogP contribution in [0.15, 0.2) is 12.1 Å². The lowest BCUT2D eigenvalue weighted by Crippen LogP contribution is -2.36. The van der Waals surface area contributed by atoms with Crippen molar-refractivity contribution in [1.29, 1.82) is 0 Å². The van der Waals surface area contributed by atoms with Crippen LogP contribution in [0.5, 0.6) is 0 Å². The molecular weight excluding hydrogens is 234 g/mol. The Kier molecular flexibility index (Phi) is 4.42. The maximum Gasteiger partial charge on any atom is 0.127 e. The zero-order valence-corrected chi connectivity index (χ0v) is 11.5. The highest BCUT2D eigenvalue weighted by atomic mass is 32.1. The van der Waals surface area contributed by atoms with Crippen molar-refractivity contribution < 1.29 is 4.74 Å². The molecule has 17 heavy (non-hydrogen) atoms. The van der Waals surface area contributed by atoms with E-state index >= 15 is 0 Å². The topological polar surface area (TPSA) is 60.2 Å². The number of nitrogens with zero attached hydrogens (tertiary/aromatic N) is 1. The predicted molar refractivity (Wildman–Crippen MR) is 74.4 cm³/mol. The normalized spacial score (nSPS) is 11.3. The average Bonchev–Trinajstić information content (AvgIpc) is 2.15. The first-order valence-corrected chi connectivity index (χ1v) is 5.80. The zero-order valence-electron chi connectivity index (χ0n) is 10.7. The zero-order chi connectivity index (χ0) is 13.1. The van der Waals surface area contributed by atoms with E-state index in [4.69, 9.17) is 22.7 Å². The molecule has 0 saturated carbocycles. The van der Waals surface area contributed by atoms with Gasteiger partial charge in [0.05, 0.1) is 12.1 Å². The molecule has 0 fully saturated rings. The number of nitrogens with one attached hydrogen (secondary N) is 1. The van der Waals surface area contributed by atoms with Crippen molar-refractivity contribution in [1.82, 2.24) is 4.98 Å². The molecule has 0 saturated heterocycles. The number of pyridine rings is 1. The molecule has 0 radical (unpaired) electrons. The van der Waals surface area contributed by atoms with Crippen LogP contribution in [0.2, 0.25) is 0 Å². The van der Waals surface area contributed by atoms with Gasteiger partial charge in [-0.05, 0) is 32.9 Å². The predicted octanol–water partition coefficient (Wildman–Crippen LogP) is 1.86. The summed E-state index contributed by atoms with van der Waals surface area (Å²) in [5, 5.41) is 3.30. The Labute approximate surface area is 108 Å². The SMILES string of the molecule is COCC(C)(C)Nc1cc(C(N)=S)cc(C)n1. The lowest BCUT2D eigenvalue weighted by molar-refractivity contribution is 0.158. The monoisotopic (exact) mass is 253 g/mol. The van der Waals surface area contributed by atoms with Crippen molar-refractivity contribution in [2.75, 3.05) is 19.0 Å². The first-order valence-electron chi connectivity index (χ1n) is 5.40. The Morgan fingerprint density at radius 1 is 1.53 bits per heavy atom. The minimum atomic E-state index is -0.191. The number of aromatic nitrogens is 1. The van der Waals surface area contributed by atoms with Gasteiger partial charge in [-0.1, -0.05) is 12.2 Å². The van der Waals surface area contributed by atoms with Crippen molar-refractivity contribution in [2.45, 2.75) is 26.3 Å². The van der Waals surface area contributed by atoms with Crippen LogP contribution in [-0.4, -0.2) is 29.2 Å². The van der Waals surface area contributed by atoms with Gasteiger partial charge in [0, 0.05) is 18.4 Å². The van der Waals surface area contributed by atoms with Crippen LogP contribution in [0.1, 0.15) is 25.1 Å². The first-order chi connectivity index (χ1) is 7.84. The van der Waals surface area contributed by atoms with Crippen molar-refractivity contribution in [3.8, 4) is 0 Å². The standard InChI is InChI=1S/C12H19N3OS/c1-8-5-9(11(13)17)6-10(14-8)15-12(2,3)7-16-4/h5-6H,7H2,1-4H3,(H2,13,17)(H,14,15). The smallest absolute Gasteiger partial charge is 0.127 e. The lowest BCUT2D eigenvalue weighted by Gasteiger charge is -2.26. The van der Waals surface area contributed by atoms with E-state index in [1.807, 2.05) is 32.9 Å². The van der Waals surface area contributed by atoms with Gasteiger partial charge in [-0.2, -0.15) is 0 Å². The van der Waals surface area contributed by atoms with Gasteiger partial charge >= 0.3 is 0 Å². The van der Waals surface area contributed by atoms with Gasteiger partial charge in [-0.25, -0.2) is 4.98 Å². The summed E-state index contributed by atoms with van der Waals surface area (Å²) in [6, 6.07) is 3.73. The second-order valence-electron chi connectivity index (χ2n) is 4.69. The number of methoxy groups -OCH3 is 1. The summed E-state index contributed by atoms with van der Waals surface area (Å²) in [5.74, 6) is 0.759. The number of nitrogens with two attached hydrogens (primary N) is 1. The number of aryl methyl sites for hydroxylation is 1. The molecule has 3 N–H and O–H groups in total. The molecule has 0 spiro atoms. The summed E-state index contributed by atoms with van der Waals surface area (Å²) in [7, 11) is 1.67. The number of ether oxygens (including phenoxy) is 1. The van der Waals surface area contributed by atoms with Gasteiger partial charge < -0.3 is 15.8 Å². The maximum absolute atomic E-state index is 5.63. The summed E-state index contributed by atoms with van der Waals surface area (Å²) in [6.45, 7) is 6.59. The van der Waals surface area contributed by atoms with Crippen molar-refractivity contribution >= 4 is 23.0 Å². The minimum Gasteiger partial charge on any atom is -0.389 e. The van der Waals surface area contributed by atoms with E-state index in [9.17, 15) is 0 Å². The van der Waals surface area contributed by atoms with E-state index in [0.29, 0.717) is 11.6 Å². The molecule has 0 aliphatic heterocycles. The Morgan fingerprint density at radius 3 is 2.71 bits per heavy atom. The number of hydrogen-bond acceptors (Lipinski definition) is 4. The fourth-order valence-corrected chi connectivity index (χ4v) is 1.74. The molecular formula is C12H19N3OS. The highest BCUT2D eigenvalue weighted by Crippen LogP contribution is 2.16. The van der Waals surface area contributed by atoms with E-state index in [-0.39, 0.29) is 5.54 Å². The highest BCUT2D eigenvalue weighted by Gasteiger charge is 2.18. The molecule has 0 aliphatic rings. The molecule has 1 heterocycles. The number of rotatable bonds is 5. The summed E-state index contributed by atoms with van der Waals surface area (Å²) < 4.78 is 5.15. The third-order valence-electron chi connectivity index (χ3n) is 2.21. The number of hydrogen-bond donors (Lipinski definition) is 2. The molecule has 0 bridgehead atoms. The molecule has 0 unspecified atom stereocenters. The van der Waals surface area contributed by atoms with E-state index in [1.165, 1.54) is 0 Å². The van der Waals surface area contributed by atoms with Gasteiger partial charge in [-0.15, -0.1) is 0 Å². The Morgan fingerprint density at radius 2 is 2.18 bits per heavy atom. The van der Waals surface area contributed by atoms with Crippen molar-refractivity contribution in [3.05, 3.63) is 23.4 Å². The third-order valence-corrected chi connectivity index (χ3v) is 2.45. The first kappa shape index (κ1) is 13.9. The fraction of sp³-hybridized carbons (Fsp3) is 0.500. The Bertz CT molecular complexity index is 418. The Hall–Kier alpha value is -1.20. The largest absolute Gasteiger partial charge is 0.389 e. The molecule has 1 aromatic heterocycles. The van der Waals surface area contributed by atoms with Crippen LogP contribution in [0.25, 0.3) is 0 Å². The third kappa shape index (κ3) is 4.28. The van der Waals surface area contributed by atoms with Crippen molar-refractivity contribution in [3.63, 3.8) is 0 Å². The number of thiocarbonyl (C=S) groups is 1. The van der Waals surface area contributed by atoms with Crippen LogP contribution in [0.4, 0.5) is 5.82 Å². The van der Waals surface area contributed by atoms with Crippen LogP contribution in [0.3, 0.4) is 0 Å². The molecule has 94 valence electrons. The second kappa shape index (κ2) is 5.42. The molecule has 5 heteroatoms. The van der Waals surface area contributed by atoms with Gasteiger partial charge in [0.15, 0.2) is 0 Å².